The zero-order valence-electron chi connectivity index (χ0n) is 17.0. The second-order valence-corrected chi connectivity index (χ2v) is 10.7. The number of nitrogens with zero attached hydrogens (tertiary/aromatic N) is 3. The van der Waals surface area contributed by atoms with Crippen molar-refractivity contribution in [1.82, 2.24) is 15.0 Å². The van der Waals surface area contributed by atoms with Gasteiger partial charge in [-0.2, -0.15) is 15.2 Å². The van der Waals surface area contributed by atoms with E-state index in [-0.39, 0.29) is 6.04 Å². The van der Waals surface area contributed by atoms with Gasteiger partial charge < -0.3 is 29.7 Å². The molecule has 1 fully saturated rings. The molecule has 0 saturated carbocycles. The second kappa shape index (κ2) is 7.98. The number of H-pyrrole nitrogens is 1. The molecule has 156 valence electrons. The van der Waals surface area contributed by atoms with Crippen molar-refractivity contribution in [3.8, 4) is 11.8 Å². The fraction of sp³-hybridized carbons (Fsp3) is 0.350. The van der Waals surface area contributed by atoms with E-state index in [9.17, 15) is 9.83 Å². The van der Waals surface area contributed by atoms with Crippen molar-refractivity contribution >= 4 is 40.9 Å². The summed E-state index contributed by atoms with van der Waals surface area (Å²) in [6.45, 7) is 4.71. The summed E-state index contributed by atoms with van der Waals surface area (Å²) in [7, 11) is -0.858. The molecule has 9 nitrogen and oxygen atoms in total. The number of hydrogen-bond donors (Lipinski definition) is 3. The van der Waals surface area contributed by atoms with Gasteiger partial charge in [-0.1, -0.05) is 0 Å². The highest BCUT2D eigenvalue weighted by molar-refractivity contribution is 7.70. The lowest BCUT2D eigenvalue weighted by Crippen LogP contribution is -2.20. The van der Waals surface area contributed by atoms with Gasteiger partial charge >= 0.3 is 0 Å². The normalized spacial score (nSPS) is 16.4. The molecule has 1 atom stereocenters. The van der Waals surface area contributed by atoms with Crippen LogP contribution in [0, 0.1) is 11.3 Å². The number of nitrogens with one attached hydrogen (secondary N) is 3. The number of ether oxygens (including phenoxy) is 2. The van der Waals surface area contributed by atoms with Crippen molar-refractivity contribution < 1.29 is 14.0 Å². The lowest BCUT2D eigenvalue weighted by atomic mass is 10.2. The minimum atomic E-state index is -2.42. The third kappa shape index (κ3) is 3.97. The van der Waals surface area contributed by atoms with Gasteiger partial charge in [0.05, 0.1) is 36.4 Å². The Bertz CT molecular complexity index is 1170. The monoisotopic (exact) mass is 426 g/mol. The van der Waals surface area contributed by atoms with E-state index in [1.165, 1.54) is 0 Å². The van der Waals surface area contributed by atoms with Crippen molar-refractivity contribution in [2.45, 2.75) is 12.5 Å². The van der Waals surface area contributed by atoms with Gasteiger partial charge in [0.15, 0.2) is 0 Å². The van der Waals surface area contributed by atoms with Crippen LogP contribution in [0.5, 0.6) is 5.75 Å². The molecule has 0 radical (unpaired) electrons. The lowest BCUT2D eigenvalue weighted by Gasteiger charge is -2.16. The van der Waals surface area contributed by atoms with E-state index < -0.39 is 7.14 Å². The Labute approximate surface area is 174 Å². The van der Waals surface area contributed by atoms with E-state index in [0.717, 1.165) is 11.7 Å². The Morgan fingerprint density at radius 1 is 1.37 bits per heavy atom. The highest BCUT2D eigenvalue weighted by Gasteiger charge is 2.21. The van der Waals surface area contributed by atoms with E-state index in [4.69, 9.17) is 9.47 Å². The molecule has 1 saturated heterocycles. The first-order chi connectivity index (χ1) is 14.4. The van der Waals surface area contributed by atoms with E-state index in [1.54, 1.807) is 38.8 Å². The molecule has 0 aliphatic carbocycles. The molecule has 10 heteroatoms. The molecule has 4 rings (SSSR count). The van der Waals surface area contributed by atoms with Gasteiger partial charge in [-0.3, -0.25) is 0 Å². The Hall–Kier alpha value is -3.08. The molecule has 0 spiro atoms. The molecular weight excluding hydrogens is 403 g/mol. The molecule has 0 bridgehead atoms. The number of aromatic nitrogens is 3. The van der Waals surface area contributed by atoms with Crippen LogP contribution in [0.4, 0.5) is 17.5 Å². The van der Waals surface area contributed by atoms with Crippen LogP contribution in [0.15, 0.2) is 24.4 Å². The Morgan fingerprint density at radius 2 is 2.20 bits per heavy atom. The summed E-state index contributed by atoms with van der Waals surface area (Å²) in [6.07, 6.45) is 2.48. The van der Waals surface area contributed by atoms with Gasteiger partial charge in [-0.25, -0.2) is 0 Å². The summed E-state index contributed by atoms with van der Waals surface area (Å²) in [5, 5.41) is 17.4. The highest BCUT2D eigenvalue weighted by Crippen LogP contribution is 2.38. The van der Waals surface area contributed by atoms with Crippen LogP contribution < -0.4 is 20.7 Å². The van der Waals surface area contributed by atoms with Crippen LogP contribution in [0.2, 0.25) is 0 Å². The highest BCUT2D eigenvalue weighted by atomic mass is 31.2. The smallest absolute Gasteiger partial charge is 0.231 e. The third-order valence-corrected chi connectivity index (χ3v) is 6.50. The first-order valence-electron chi connectivity index (χ1n) is 9.53. The van der Waals surface area contributed by atoms with E-state index in [0.29, 0.717) is 53.0 Å². The molecule has 2 aromatic heterocycles. The maximum atomic E-state index is 12.4. The molecule has 3 heterocycles. The zero-order chi connectivity index (χ0) is 21.3. The summed E-state index contributed by atoms with van der Waals surface area (Å²) >= 11 is 0. The number of anilines is 3. The minimum Gasteiger partial charge on any atom is -0.495 e. The zero-order valence-corrected chi connectivity index (χ0v) is 17.9. The number of fused-ring (bicyclic) bond motifs is 1. The van der Waals surface area contributed by atoms with Crippen LogP contribution in [0.3, 0.4) is 0 Å². The molecule has 30 heavy (non-hydrogen) atoms. The van der Waals surface area contributed by atoms with Crippen molar-refractivity contribution in [3.05, 3.63) is 30.0 Å². The van der Waals surface area contributed by atoms with Gasteiger partial charge in [-0.05, 0) is 37.9 Å². The van der Waals surface area contributed by atoms with Crippen LogP contribution in [0.25, 0.3) is 11.0 Å². The van der Waals surface area contributed by atoms with E-state index in [2.05, 4.69) is 31.7 Å². The number of benzene rings is 1. The van der Waals surface area contributed by atoms with Gasteiger partial charge in [-0.15, -0.1) is 0 Å². The average Bonchev–Trinajstić information content (AvgIpc) is 3.37. The molecule has 3 aromatic rings. The number of nitriles is 1. The molecule has 1 unspecified atom stereocenters. The van der Waals surface area contributed by atoms with Crippen molar-refractivity contribution in [2.24, 2.45) is 0 Å². The predicted molar refractivity (Wildman–Crippen MR) is 117 cm³/mol. The molecular formula is C20H23N6O3P. The molecule has 1 aliphatic heterocycles. The van der Waals surface area contributed by atoms with Crippen molar-refractivity contribution in [3.63, 3.8) is 0 Å². The Kier molecular flexibility index (Phi) is 5.37. The van der Waals surface area contributed by atoms with Crippen LogP contribution in [0.1, 0.15) is 12.0 Å². The van der Waals surface area contributed by atoms with Crippen LogP contribution in [-0.2, 0) is 9.30 Å². The average molecular weight is 426 g/mol. The maximum absolute atomic E-state index is 12.4. The summed E-state index contributed by atoms with van der Waals surface area (Å²) in [4.78, 5) is 12.2. The van der Waals surface area contributed by atoms with Crippen molar-refractivity contribution in [1.29, 1.82) is 5.26 Å². The minimum absolute atomic E-state index is 0.120. The third-order valence-electron chi connectivity index (χ3n) is 4.98. The van der Waals surface area contributed by atoms with E-state index in [1.807, 2.05) is 6.07 Å². The predicted octanol–water partition coefficient (Wildman–Crippen LogP) is 3.03. The number of hydrogen-bond acceptors (Lipinski definition) is 8. The van der Waals surface area contributed by atoms with E-state index >= 15 is 0 Å². The summed E-state index contributed by atoms with van der Waals surface area (Å²) in [5.74, 6) is 1.46. The summed E-state index contributed by atoms with van der Waals surface area (Å²) in [6, 6.07) is 7.66. The van der Waals surface area contributed by atoms with Gasteiger partial charge in [0.25, 0.3) is 0 Å². The van der Waals surface area contributed by atoms with Crippen molar-refractivity contribution in [2.75, 3.05) is 44.3 Å². The Balaban J connectivity index is 1.73. The number of methoxy groups -OCH3 is 1. The molecule has 1 aliphatic rings. The maximum Gasteiger partial charge on any atom is 0.231 e. The van der Waals surface area contributed by atoms with Gasteiger partial charge in [0, 0.05) is 18.1 Å². The summed E-state index contributed by atoms with van der Waals surface area (Å²) in [5.41, 5.74) is 1.67. The number of rotatable bonds is 6. The first kappa shape index (κ1) is 20.2. The molecule has 0 amide bonds. The summed E-state index contributed by atoms with van der Waals surface area (Å²) < 4.78 is 23.3. The fourth-order valence-electron chi connectivity index (χ4n) is 3.36. The molecule has 1 aromatic carbocycles. The topological polar surface area (TPSA) is 125 Å². The molecule has 3 N–H and O–H groups in total. The largest absolute Gasteiger partial charge is 0.495 e. The second-order valence-electron chi connectivity index (χ2n) is 7.50. The van der Waals surface area contributed by atoms with Gasteiger partial charge in [0.1, 0.15) is 30.4 Å². The Morgan fingerprint density at radius 3 is 2.87 bits per heavy atom. The van der Waals surface area contributed by atoms with Crippen LogP contribution in [-0.4, -0.2) is 54.6 Å². The SMILES string of the molecule is COc1cc(P(C)(C)=O)ccc1Nc1nc(NC2CCOC2)c2c(C#N)c[nH]c2n1. The van der Waals surface area contributed by atoms with Crippen LogP contribution >= 0.6 is 7.14 Å². The first-order valence-corrected chi connectivity index (χ1v) is 12.1. The number of aromatic amines is 1. The standard InChI is InChI=1S/C20H23N6O3P/c1-28-16-8-14(30(2,3)27)4-5-15(16)24-20-25-18-17(12(9-21)10-22-18)19(26-20)23-13-6-7-29-11-13/h4-5,8,10,13H,6-7,11H2,1-3H3,(H3,22,23,24,25,26). The fourth-order valence-corrected chi connectivity index (χ4v) is 4.22. The van der Waals surface area contributed by atoms with Gasteiger partial charge in [0.2, 0.25) is 5.95 Å². The lowest BCUT2D eigenvalue weighted by molar-refractivity contribution is 0.195. The quantitative estimate of drug-likeness (QED) is 0.514.